The van der Waals surface area contributed by atoms with Crippen LogP contribution in [-0.4, -0.2) is 33.7 Å². The van der Waals surface area contributed by atoms with Gasteiger partial charge in [0.2, 0.25) is 11.0 Å². The van der Waals surface area contributed by atoms with Gasteiger partial charge >= 0.3 is 0 Å². The predicted octanol–water partition coefficient (Wildman–Crippen LogP) is 3.29. The van der Waals surface area contributed by atoms with Crippen LogP contribution in [0.15, 0.2) is 28.6 Å². The second-order valence-electron chi connectivity index (χ2n) is 4.79. The SMILES string of the molecule is CCNc1nnc(S[C@@H](C)C(=O)c2ccc(NC(C)=O)cc2)s1. The van der Waals surface area contributed by atoms with Gasteiger partial charge < -0.3 is 10.6 Å². The van der Waals surface area contributed by atoms with Crippen LogP contribution in [0, 0.1) is 0 Å². The summed E-state index contributed by atoms with van der Waals surface area (Å²) in [5, 5.41) is 14.4. The molecule has 0 aliphatic carbocycles. The van der Waals surface area contributed by atoms with E-state index in [1.807, 2.05) is 13.8 Å². The molecule has 1 aromatic heterocycles. The van der Waals surface area contributed by atoms with Crippen molar-refractivity contribution in [3.63, 3.8) is 0 Å². The second-order valence-corrected chi connectivity index (χ2v) is 7.35. The standard InChI is InChI=1S/C15H18N4O2S2/c1-4-16-14-18-19-15(23-14)22-9(2)13(21)11-5-7-12(8-6-11)17-10(3)20/h5-9H,4H2,1-3H3,(H,16,18)(H,17,20)/t9-/m0/s1. The Morgan fingerprint density at radius 1 is 1.26 bits per heavy atom. The summed E-state index contributed by atoms with van der Waals surface area (Å²) in [6.07, 6.45) is 0. The molecule has 1 amide bonds. The minimum Gasteiger partial charge on any atom is -0.360 e. The van der Waals surface area contributed by atoms with Gasteiger partial charge in [0.1, 0.15) is 0 Å². The highest BCUT2D eigenvalue weighted by atomic mass is 32.2. The third-order valence-corrected chi connectivity index (χ3v) is 4.94. The lowest BCUT2D eigenvalue weighted by Gasteiger charge is -2.09. The summed E-state index contributed by atoms with van der Waals surface area (Å²) in [6, 6.07) is 6.88. The quantitative estimate of drug-likeness (QED) is 0.589. The van der Waals surface area contributed by atoms with E-state index in [9.17, 15) is 9.59 Å². The van der Waals surface area contributed by atoms with Crippen molar-refractivity contribution in [2.45, 2.75) is 30.4 Å². The van der Waals surface area contributed by atoms with Crippen LogP contribution >= 0.6 is 23.1 Å². The van der Waals surface area contributed by atoms with Gasteiger partial charge in [0.15, 0.2) is 10.1 Å². The molecule has 0 spiro atoms. The van der Waals surface area contributed by atoms with Crippen molar-refractivity contribution in [1.82, 2.24) is 10.2 Å². The normalized spacial score (nSPS) is 11.8. The van der Waals surface area contributed by atoms with E-state index in [1.54, 1.807) is 24.3 Å². The van der Waals surface area contributed by atoms with Gasteiger partial charge in [-0.05, 0) is 38.1 Å². The first-order chi connectivity index (χ1) is 11.0. The Balaban J connectivity index is 1.99. The maximum Gasteiger partial charge on any atom is 0.221 e. The number of amides is 1. The Morgan fingerprint density at radius 3 is 2.57 bits per heavy atom. The van der Waals surface area contributed by atoms with Gasteiger partial charge in [-0.3, -0.25) is 9.59 Å². The molecule has 0 bridgehead atoms. The van der Waals surface area contributed by atoms with E-state index in [4.69, 9.17) is 0 Å². The Kier molecular flexibility index (Phi) is 6.12. The number of ketones is 1. The maximum absolute atomic E-state index is 12.4. The summed E-state index contributed by atoms with van der Waals surface area (Å²) in [6.45, 7) is 6.07. The minimum atomic E-state index is -0.260. The molecule has 2 rings (SSSR count). The van der Waals surface area contributed by atoms with Gasteiger partial charge in [0.25, 0.3) is 0 Å². The Labute approximate surface area is 143 Å². The number of benzene rings is 1. The molecule has 8 heteroatoms. The van der Waals surface area contributed by atoms with E-state index < -0.39 is 0 Å². The molecule has 1 heterocycles. The van der Waals surface area contributed by atoms with Crippen molar-refractivity contribution in [3.8, 4) is 0 Å². The second kappa shape index (κ2) is 8.07. The summed E-state index contributed by atoms with van der Waals surface area (Å²) in [4.78, 5) is 23.4. The molecule has 0 saturated heterocycles. The highest BCUT2D eigenvalue weighted by Crippen LogP contribution is 2.30. The number of aromatic nitrogens is 2. The largest absolute Gasteiger partial charge is 0.360 e. The zero-order valence-electron chi connectivity index (χ0n) is 13.1. The average molecular weight is 350 g/mol. The van der Waals surface area contributed by atoms with Crippen molar-refractivity contribution in [3.05, 3.63) is 29.8 Å². The van der Waals surface area contributed by atoms with Crippen LogP contribution in [0.5, 0.6) is 0 Å². The number of hydrogen-bond donors (Lipinski definition) is 2. The summed E-state index contributed by atoms with van der Waals surface area (Å²) >= 11 is 2.83. The summed E-state index contributed by atoms with van der Waals surface area (Å²) in [5.41, 5.74) is 1.28. The van der Waals surface area contributed by atoms with Gasteiger partial charge in [-0.2, -0.15) is 0 Å². The highest BCUT2D eigenvalue weighted by molar-refractivity contribution is 8.02. The average Bonchev–Trinajstić information content (AvgIpc) is 2.94. The number of carbonyl (C=O) groups is 2. The predicted molar refractivity (Wildman–Crippen MR) is 94.5 cm³/mol. The maximum atomic E-state index is 12.4. The van der Waals surface area contributed by atoms with Crippen LogP contribution in [0.25, 0.3) is 0 Å². The number of carbonyl (C=O) groups excluding carboxylic acids is 2. The smallest absolute Gasteiger partial charge is 0.221 e. The minimum absolute atomic E-state index is 0.0181. The molecule has 0 radical (unpaired) electrons. The molecule has 0 unspecified atom stereocenters. The van der Waals surface area contributed by atoms with Crippen molar-refractivity contribution in [2.75, 3.05) is 17.2 Å². The fourth-order valence-electron chi connectivity index (χ4n) is 1.84. The lowest BCUT2D eigenvalue weighted by atomic mass is 10.1. The van der Waals surface area contributed by atoms with Crippen molar-refractivity contribution in [1.29, 1.82) is 0 Å². The molecule has 1 aromatic carbocycles. The zero-order valence-corrected chi connectivity index (χ0v) is 14.8. The highest BCUT2D eigenvalue weighted by Gasteiger charge is 2.18. The molecule has 0 fully saturated rings. The van der Waals surface area contributed by atoms with Gasteiger partial charge in [-0.1, -0.05) is 23.1 Å². The first-order valence-corrected chi connectivity index (χ1v) is 8.85. The van der Waals surface area contributed by atoms with Crippen LogP contribution in [0.2, 0.25) is 0 Å². The number of anilines is 2. The summed E-state index contributed by atoms with van der Waals surface area (Å²) in [5.74, 6) is -0.120. The number of rotatable bonds is 7. The lowest BCUT2D eigenvalue weighted by molar-refractivity contribution is -0.114. The van der Waals surface area contributed by atoms with E-state index in [0.717, 1.165) is 16.0 Å². The van der Waals surface area contributed by atoms with Crippen LogP contribution < -0.4 is 10.6 Å². The van der Waals surface area contributed by atoms with Gasteiger partial charge in [0, 0.05) is 24.7 Å². The number of thioether (sulfide) groups is 1. The topological polar surface area (TPSA) is 84.0 Å². The fraction of sp³-hybridized carbons (Fsp3) is 0.333. The zero-order chi connectivity index (χ0) is 16.8. The summed E-state index contributed by atoms with van der Waals surface area (Å²) in [7, 11) is 0. The molecule has 1 atom stereocenters. The Morgan fingerprint density at radius 2 is 1.96 bits per heavy atom. The monoisotopic (exact) mass is 350 g/mol. The van der Waals surface area contributed by atoms with E-state index in [1.165, 1.54) is 30.0 Å². The van der Waals surface area contributed by atoms with E-state index in [-0.39, 0.29) is 16.9 Å². The third kappa shape index (κ3) is 5.04. The number of Topliss-reactive ketones (excluding diaryl/α,β-unsaturated/α-hetero) is 1. The Hall–Kier alpha value is -1.93. The number of nitrogens with one attached hydrogen (secondary N) is 2. The van der Waals surface area contributed by atoms with Crippen molar-refractivity contribution < 1.29 is 9.59 Å². The van der Waals surface area contributed by atoms with Crippen LogP contribution in [-0.2, 0) is 4.79 Å². The lowest BCUT2D eigenvalue weighted by Crippen LogP contribution is -2.13. The first-order valence-electron chi connectivity index (χ1n) is 7.15. The number of hydrogen-bond acceptors (Lipinski definition) is 7. The van der Waals surface area contributed by atoms with E-state index in [2.05, 4.69) is 20.8 Å². The molecular weight excluding hydrogens is 332 g/mol. The van der Waals surface area contributed by atoms with E-state index >= 15 is 0 Å². The first kappa shape index (κ1) is 17.4. The molecule has 0 aliphatic rings. The van der Waals surface area contributed by atoms with Gasteiger partial charge in [-0.25, -0.2) is 0 Å². The molecule has 6 nitrogen and oxygen atoms in total. The molecule has 0 aliphatic heterocycles. The molecule has 122 valence electrons. The van der Waals surface area contributed by atoms with Crippen LogP contribution in [0.3, 0.4) is 0 Å². The third-order valence-electron chi connectivity index (χ3n) is 2.87. The van der Waals surface area contributed by atoms with Crippen molar-refractivity contribution >= 4 is 45.6 Å². The van der Waals surface area contributed by atoms with E-state index in [0.29, 0.717) is 11.3 Å². The molecule has 2 N–H and O–H groups in total. The molecular formula is C15H18N4O2S2. The van der Waals surface area contributed by atoms with Gasteiger partial charge in [-0.15, -0.1) is 10.2 Å². The van der Waals surface area contributed by atoms with Crippen LogP contribution in [0.1, 0.15) is 31.1 Å². The molecule has 2 aromatic rings. The Bertz CT molecular complexity index is 685. The van der Waals surface area contributed by atoms with Crippen molar-refractivity contribution in [2.24, 2.45) is 0 Å². The number of nitrogens with zero attached hydrogens (tertiary/aromatic N) is 2. The molecule has 0 saturated carbocycles. The fourth-order valence-corrected chi connectivity index (χ4v) is 3.88. The van der Waals surface area contributed by atoms with Gasteiger partial charge in [0.05, 0.1) is 5.25 Å². The molecule has 23 heavy (non-hydrogen) atoms. The van der Waals surface area contributed by atoms with Crippen LogP contribution in [0.4, 0.5) is 10.8 Å². The summed E-state index contributed by atoms with van der Waals surface area (Å²) < 4.78 is 0.761.